The summed E-state index contributed by atoms with van der Waals surface area (Å²) in [6.45, 7) is 5.15. The summed E-state index contributed by atoms with van der Waals surface area (Å²) < 4.78 is 0. The van der Waals surface area contributed by atoms with Gasteiger partial charge in [0.05, 0.1) is 0 Å². The summed E-state index contributed by atoms with van der Waals surface area (Å²) in [5.74, 6) is 0. The van der Waals surface area contributed by atoms with E-state index in [0.29, 0.717) is 6.04 Å². The quantitative estimate of drug-likeness (QED) is 0.704. The third-order valence-corrected chi connectivity index (χ3v) is 1.59. The molecule has 1 heterocycles. The number of aromatic nitrogens is 2. The van der Waals surface area contributed by atoms with Crippen LogP contribution in [0, 0.1) is 0 Å². The molecular weight excluding hydrogens is 138 g/mol. The first-order valence-corrected chi connectivity index (χ1v) is 3.83. The van der Waals surface area contributed by atoms with Crippen molar-refractivity contribution in [2.75, 3.05) is 6.54 Å². The molecule has 1 rings (SSSR count). The smallest absolute Gasteiger partial charge is 0.115 e. The third kappa shape index (κ3) is 2.27. The highest BCUT2D eigenvalue weighted by molar-refractivity contribution is 5.07. The van der Waals surface area contributed by atoms with Gasteiger partial charge in [0.25, 0.3) is 0 Å². The van der Waals surface area contributed by atoms with Crippen molar-refractivity contribution in [2.24, 2.45) is 0 Å². The lowest BCUT2D eigenvalue weighted by molar-refractivity contribution is 0.594. The van der Waals surface area contributed by atoms with E-state index < -0.39 is 0 Å². The van der Waals surface area contributed by atoms with Gasteiger partial charge in [-0.25, -0.2) is 9.97 Å². The lowest BCUT2D eigenvalue weighted by Crippen LogP contribution is -2.17. The van der Waals surface area contributed by atoms with E-state index in [-0.39, 0.29) is 0 Å². The fourth-order valence-corrected chi connectivity index (χ4v) is 0.958. The van der Waals surface area contributed by atoms with Gasteiger partial charge < -0.3 is 5.32 Å². The summed E-state index contributed by atoms with van der Waals surface area (Å²) in [6.07, 6.45) is 5.21. The molecule has 0 fully saturated rings. The van der Waals surface area contributed by atoms with Crippen molar-refractivity contribution in [1.29, 1.82) is 0 Å². The Morgan fingerprint density at radius 2 is 2.09 bits per heavy atom. The van der Waals surface area contributed by atoms with Crippen LogP contribution >= 0.6 is 0 Å². The van der Waals surface area contributed by atoms with Crippen LogP contribution in [0.2, 0.25) is 0 Å². The summed E-state index contributed by atoms with van der Waals surface area (Å²) in [5.41, 5.74) is 1.13. The van der Waals surface area contributed by atoms with E-state index in [2.05, 4.69) is 29.1 Å². The largest absolute Gasteiger partial charge is 0.310 e. The van der Waals surface area contributed by atoms with Gasteiger partial charge in [0.15, 0.2) is 0 Å². The molecule has 3 nitrogen and oxygen atoms in total. The van der Waals surface area contributed by atoms with E-state index >= 15 is 0 Å². The van der Waals surface area contributed by atoms with Gasteiger partial charge in [-0.2, -0.15) is 0 Å². The second kappa shape index (κ2) is 4.03. The molecule has 11 heavy (non-hydrogen) atoms. The Hall–Kier alpha value is -0.960. The fraction of sp³-hybridized carbons (Fsp3) is 0.500. The SMILES string of the molecule is CCNC(C)c1cncnc1. The van der Waals surface area contributed by atoms with Gasteiger partial charge in [0.2, 0.25) is 0 Å². The van der Waals surface area contributed by atoms with Crippen LogP contribution in [0.25, 0.3) is 0 Å². The second-order valence-electron chi connectivity index (χ2n) is 2.45. The van der Waals surface area contributed by atoms with Crippen molar-refractivity contribution >= 4 is 0 Å². The highest BCUT2D eigenvalue weighted by Gasteiger charge is 2.01. The number of nitrogens with zero attached hydrogens (tertiary/aromatic N) is 2. The maximum atomic E-state index is 3.94. The van der Waals surface area contributed by atoms with Crippen molar-refractivity contribution in [2.45, 2.75) is 19.9 Å². The van der Waals surface area contributed by atoms with Crippen LogP contribution in [-0.4, -0.2) is 16.5 Å². The Balaban J connectivity index is 2.61. The minimum absolute atomic E-state index is 0.348. The van der Waals surface area contributed by atoms with Crippen molar-refractivity contribution in [3.05, 3.63) is 24.3 Å². The molecule has 0 amide bonds. The number of nitrogens with one attached hydrogen (secondary N) is 1. The Labute approximate surface area is 66.9 Å². The molecule has 1 aromatic heterocycles. The van der Waals surface area contributed by atoms with E-state index in [0.717, 1.165) is 12.1 Å². The molecule has 0 saturated heterocycles. The van der Waals surface area contributed by atoms with Gasteiger partial charge in [-0.05, 0) is 13.5 Å². The zero-order chi connectivity index (χ0) is 8.10. The van der Waals surface area contributed by atoms with E-state index in [1.165, 1.54) is 0 Å². The first kappa shape index (κ1) is 8.14. The minimum Gasteiger partial charge on any atom is -0.310 e. The molecular formula is C8H13N3. The molecule has 0 aliphatic rings. The first-order chi connectivity index (χ1) is 5.34. The summed E-state index contributed by atoms with van der Waals surface area (Å²) in [4.78, 5) is 7.87. The number of hydrogen-bond acceptors (Lipinski definition) is 3. The zero-order valence-electron chi connectivity index (χ0n) is 6.91. The zero-order valence-corrected chi connectivity index (χ0v) is 6.91. The van der Waals surface area contributed by atoms with Gasteiger partial charge in [-0.15, -0.1) is 0 Å². The van der Waals surface area contributed by atoms with Crippen molar-refractivity contribution in [1.82, 2.24) is 15.3 Å². The monoisotopic (exact) mass is 151 g/mol. The van der Waals surface area contributed by atoms with Crippen LogP contribution in [-0.2, 0) is 0 Å². The van der Waals surface area contributed by atoms with E-state index in [1.54, 1.807) is 6.33 Å². The summed E-state index contributed by atoms with van der Waals surface area (Å²) >= 11 is 0. The molecule has 0 aliphatic carbocycles. The molecule has 0 saturated carbocycles. The average molecular weight is 151 g/mol. The summed E-state index contributed by atoms with van der Waals surface area (Å²) in [6, 6.07) is 0.348. The Morgan fingerprint density at radius 1 is 1.45 bits per heavy atom. The molecule has 1 aromatic rings. The lowest BCUT2D eigenvalue weighted by atomic mass is 10.2. The molecule has 3 heteroatoms. The van der Waals surface area contributed by atoms with E-state index in [1.807, 2.05) is 12.4 Å². The van der Waals surface area contributed by atoms with Crippen molar-refractivity contribution in [3.8, 4) is 0 Å². The summed E-state index contributed by atoms with van der Waals surface area (Å²) in [7, 11) is 0. The molecule has 0 aromatic carbocycles. The Bertz CT molecular complexity index is 198. The van der Waals surface area contributed by atoms with Gasteiger partial charge in [-0.1, -0.05) is 6.92 Å². The van der Waals surface area contributed by atoms with Crippen LogP contribution in [0.15, 0.2) is 18.7 Å². The van der Waals surface area contributed by atoms with E-state index in [4.69, 9.17) is 0 Å². The highest BCUT2D eigenvalue weighted by atomic mass is 14.9. The van der Waals surface area contributed by atoms with Gasteiger partial charge in [0.1, 0.15) is 6.33 Å². The van der Waals surface area contributed by atoms with Crippen LogP contribution < -0.4 is 5.32 Å². The molecule has 60 valence electrons. The molecule has 0 spiro atoms. The van der Waals surface area contributed by atoms with Gasteiger partial charge in [0, 0.05) is 24.0 Å². The molecule has 1 unspecified atom stereocenters. The number of rotatable bonds is 3. The van der Waals surface area contributed by atoms with E-state index in [9.17, 15) is 0 Å². The minimum atomic E-state index is 0.348. The fourth-order valence-electron chi connectivity index (χ4n) is 0.958. The molecule has 0 aliphatic heterocycles. The molecule has 1 N–H and O–H groups in total. The maximum Gasteiger partial charge on any atom is 0.115 e. The normalized spacial score (nSPS) is 12.9. The van der Waals surface area contributed by atoms with Crippen LogP contribution in [0.4, 0.5) is 0 Å². The van der Waals surface area contributed by atoms with Crippen LogP contribution in [0.1, 0.15) is 25.5 Å². The van der Waals surface area contributed by atoms with Crippen LogP contribution in [0.5, 0.6) is 0 Å². The number of hydrogen-bond donors (Lipinski definition) is 1. The Morgan fingerprint density at radius 3 is 2.64 bits per heavy atom. The molecule has 1 atom stereocenters. The van der Waals surface area contributed by atoms with Crippen molar-refractivity contribution in [3.63, 3.8) is 0 Å². The molecule has 0 bridgehead atoms. The van der Waals surface area contributed by atoms with Gasteiger partial charge in [-0.3, -0.25) is 0 Å². The molecule has 0 radical (unpaired) electrons. The topological polar surface area (TPSA) is 37.8 Å². The highest BCUT2D eigenvalue weighted by Crippen LogP contribution is 2.06. The maximum absolute atomic E-state index is 3.94. The summed E-state index contributed by atoms with van der Waals surface area (Å²) in [5, 5.41) is 3.28. The Kier molecular flexibility index (Phi) is 2.98. The predicted molar refractivity (Wildman–Crippen MR) is 44.1 cm³/mol. The lowest BCUT2D eigenvalue weighted by Gasteiger charge is -2.10. The second-order valence-corrected chi connectivity index (χ2v) is 2.45. The van der Waals surface area contributed by atoms with Gasteiger partial charge >= 0.3 is 0 Å². The van der Waals surface area contributed by atoms with Crippen molar-refractivity contribution < 1.29 is 0 Å². The average Bonchev–Trinajstić information content (AvgIpc) is 2.07. The van der Waals surface area contributed by atoms with Crippen LogP contribution in [0.3, 0.4) is 0 Å². The third-order valence-electron chi connectivity index (χ3n) is 1.59. The predicted octanol–water partition coefficient (Wildman–Crippen LogP) is 1.15. The standard InChI is InChI=1S/C8H13N3/c1-3-11-7(2)8-4-9-6-10-5-8/h4-7,11H,3H2,1-2H3. The first-order valence-electron chi connectivity index (χ1n) is 3.83.